The van der Waals surface area contributed by atoms with Crippen LogP contribution in [0.25, 0.3) is 0 Å². The molecule has 0 aromatic rings. The second-order valence-electron chi connectivity index (χ2n) is 4.18. The number of carbonyl (C=O) groups is 1. The standard InChI is InChI=1S/C10H20N2O/c1-8(2)12(4)10(13)9-6-5-7-11(9)3/h8-9H,5-7H2,1-4H3/t9-/m1/s1. The summed E-state index contributed by atoms with van der Waals surface area (Å²) in [6, 6.07) is 0.439. The monoisotopic (exact) mass is 184 g/mol. The number of amides is 1. The van der Waals surface area contributed by atoms with Crippen molar-refractivity contribution in [1.29, 1.82) is 0 Å². The molecule has 0 aromatic heterocycles. The summed E-state index contributed by atoms with van der Waals surface area (Å²) in [5, 5.41) is 0. The molecule has 13 heavy (non-hydrogen) atoms. The first kappa shape index (κ1) is 10.5. The van der Waals surface area contributed by atoms with E-state index in [9.17, 15) is 4.79 Å². The minimum absolute atomic E-state index is 0.132. The number of likely N-dealkylation sites (N-methyl/N-ethyl adjacent to an activating group) is 2. The summed E-state index contributed by atoms with van der Waals surface area (Å²) in [4.78, 5) is 15.9. The second-order valence-corrected chi connectivity index (χ2v) is 4.18. The molecule has 1 aliphatic rings. The number of hydrogen-bond acceptors (Lipinski definition) is 2. The average Bonchev–Trinajstić information content (AvgIpc) is 2.48. The van der Waals surface area contributed by atoms with E-state index in [1.807, 2.05) is 32.8 Å². The van der Waals surface area contributed by atoms with Gasteiger partial charge in [0.2, 0.25) is 5.91 Å². The number of hydrogen-bond donors (Lipinski definition) is 0. The van der Waals surface area contributed by atoms with Crippen LogP contribution in [-0.4, -0.2) is 48.4 Å². The summed E-state index contributed by atoms with van der Waals surface area (Å²) in [6.07, 6.45) is 2.17. The summed E-state index contributed by atoms with van der Waals surface area (Å²) >= 11 is 0. The van der Waals surface area contributed by atoms with E-state index in [4.69, 9.17) is 0 Å². The smallest absolute Gasteiger partial charge is 0.239 e. The van der Waals surface area contributed by atoms with Crippen molar-refractivity contribution in [2.24, 2.45) is 0 Å². The minimum Gasteiger partial charge on any atom is -0.342 e. The van der Waals surface area contributed by atoms with Gasteiger partial charge in [-0.25, -0.2) is 0 Å². The molecule has 76 valence electrons. The molecule has 0 unspecified atom stereocenters. The van der Waals surface area contributed by atoms with Crippen LogP contribution in [0.1, 0.15) is 26.7 Å². The van der Waals surface area contributed by atoms with Crippen molar-refractivity contribution in [3.8, 4) is 0 Å². The van der Waals surface area contributed by atoms with Crippen molar-refractivity contribution in [3.63, 3.8) is 0 Å². The second kappa shape index (κ2) is 4.09. The molecule has 1 rings (SSSR count). The van der Waals surface area contributed by atoms with E-state index in [0.717, 1.165) is 19.4 Å². The third-order valence-electron chi connectivity index (χ3n) is 2.93. The highest BCUT2D eigenvalue weighted by Crippen LogP contribution is 2.17. The van der Waals surface area contributed by atoms with Gasteiger partial charge in [-0.1, -0.05) is 0 Å². The van der Waals surface area contributed by atoms with Gasteiger partial charge in [0.1, 0.15) is 0 Å². The molecule has 0 spiro atoms. The van der Waals surface area contributed by atoms with E-state index >= 15 is 0 Å². The van der Waals surface area contributed by atoms with Gasteiger partial charge < -0.3 is 4.90 Å². The third-order valence-corrected chi connectivity index (χ3v) is 2.93. The Morgan fingerprint density at radius 3 is 2.54 bits per heavy atom. The average molecular weight is 184 g/mol. The SMILES string of the molecule is CC(C)N(C)C(=O)[C@H]1CCCN1C. The first-order valence-electron chi connectivity index (χ1n) is 5.01. The molecule has 0 N–H and O–H groups in total. The zero-order valence-electron chi connectivity index (χ0n) is 9.08. The van der Waals surface area contributed by atoms with Crippen LogP contribution in [0.2, 0.25) is 0 Å². The van der Waals surface area contributed by atoms with Gasteiger partial charge in [-0.2, -0.15) is 0 Å². The highest BCUT2D eigenvalue weighted by Gasteiger charge is 2.30. The molecule has 0 aromatic carbocycles. The van der Waals surface area contributed by atoms with Crippen molar-refractivity contribution < 1.29 is 4.79 Å². The number of likely N-dealkylation sites (tertiary alicyclic amines) is 1. The van der Waals surface area contributed by atoms with Crippen LogP contribution in [0.5, 0.6) is 0 Å². The Labute approximate surface area is 80.7 Å². The molecule has 3 nitrogen and oxygen atoms in total. The van der Waals surface area contributed by atoms with E-state index in [-0.39, 0.29) is 11.9 Å². The Balaban J connectivity index is 2.56. The maximum absolute atomic E-state index is 11.9. The molecule has 0 radical (unpaired) electrons. The summed E-state index contributed by atoms with van der Waals surface area (Å²) < 4.78 is 0. The molecule has 0 saturated carbocycles. The Morgan fingerprint density at radius 2 is 2.15 bits per heavy atom. The lowest BCUT2D eigenvalue weighted by molar-refractivity contribution is -0.135. The number of carbonyl (C=O) groups excluding carboxylic acids is 1. The van der Waals surface area contributed by atoms with E-state index in [2.05, 4.69) is 4.90 Å². The van der Waals surface area contributed by atoms with Crippen LogP contribution in [0, 0.1) is 0 Å². The van der Waals surface area contributed by atoms with Crippen molar-refractivity contribution >= 4 is 5.91 Å². The Hall–Kier alpha value is -0.570. The molecule has 0 bridgehead atoms. The van der Waals surface area contributed by atoms with Gasteiger partial charge in [0.05, 0.1) is 6.04 Å². The fourth-order valence-corrected chi connectivity index (χ4v) is 1.71. The van der Waals surface area contributed by atoms with Gasteiger partial charge in [-0.15, -0.1) is 0 Å². The molecule has 1 heterocycles. The quantitative estimate of drug-likeness (QED) is 0.638. The Bertz CT molecular complexity index is 191. The minimum atomic E-state index is 0.132. The van der Waals surface area contributed by atoms with Crippen LogP contribution >= 0.6 is 0 Å². The predicted octanol–water partition coefficient (Wildman–Crippen LogP) is 0.947. The summed E-state index contributed by atoms with van der Waals surface area (Å²) in [5.41, 5.74) is 0. The molecule has 1 fully saturated rings. The number of rotatable bonds is 2. The molecule has 0 aliphatic carbocycles. The van der Waals surface area contributed by atoms with Gasteiger partial charge in [0.25, 0.3) is 0 Å². The zero-order valence-corrected chi connectivity index (χ0v) is 9.08. The highest BCUT2D eigenvalue weighted by atomic mass is 16.2. The summed E-state index contributed by atoms with van der Waals surface area (Å²) in [5.74, 6) is 0.273. The van der Waals surface area contributed by atoms with E-state index in [1.54, 1.807) is 0 Å². The van der Waals surface area contributed by atoms with Crippen LogP contribution < -0.4 is 0 Å². The van der Waals surface area contributed by atoms with Crippen molar-refractivity contribution in [2.45, 2.75) is 38.8 Å². The van der Waals surface area contributed by atoms with E-state index in [1.165, 1.54) is 0 Å². The van der Waals surface area contributed by atoms with E-state index in [0.29, 0.717) is 6.04 Å². The summed E-state index contributed by atoms with van der Waals surface area (Å²) in [6.45, 7) is 5.15. The largest absolute Gasteiger partial charge is 0.342 e. The van der Waals surface area contributed by atoms with Gasteiger partial charge in [-0.05, 0) is 40.3 Å². The van der Waals surface area contributed by atoms with Gasteiger partial charge in [0.15, 0.2) is 0 Å². The van der Waals surface area contributed by atoms with Crippen LogP contribution in [-0.2, 0) is 4.79 Å². The summed E-state index contributed by atoms with van der Waals surface area (Å²) in [7, 11) is 3.92. The fraction of sp³-hybridized carbons (Fsp3) is 0.900. The maximum Gasteiger partial charge on any atom is 0.239 e. The van der Waals surface area contributed by atoms with Crippen LogP contribution in [0.15, 0.2) is 0 Å². The van der Waals surface area contributed by atoms with E-state index < -0.39 is 0 Å². The molecule has 1 atom stereocenters. The van der Waals surface area contributed by atoms with Crippen molar-refractivity contribution in [3.05, 3.63) is 0 Å². The van der Waals surface area contributed by atoms with Crippen molar-refractivity contribution in [1.82, 2.24) is 9.80 Å². The first-order chi connectivity index (χ1) is 6.04. The molecule has 1 aliphatic heterocycles. The van der Waals surface area contributed by atoms with Crippen LogP contribution in [0.3, 0.4) is 0 Å². The molecule has 3 heteroatoms. The lowest BCUT2D eigenvalue weighted by Crippen LogP contribution is -2.45. The normalized spacial score (nSPS) is 23.9. The van der Waals surface area contributed by atoms with Gasteiger partial charge in [0, 0.05) is 13.1 Å². The Morgan fingerprint density at radius 1 is 1.54 bits per heavy atom. The zero-order chi connectivity index (χ0) is 10.0. The molecular formula is C10H20N2O. The molecule has 1 amide bonds. The predicted molar refractivity (Wildman–Crippen MR) is 53.6 cm³/mol. The topological polar surface area (TPSA) is 23.6 Å². The number of nitrogens with zero attached hydrogens (tertiary/aromatic N) is 2. The maximum atomic E-state index is 11.9. The van der Waals surface area contributed by atoms with Gasteiger partial charge in [-0.3, -0.25) is 9.69 Å². The Kier molecular flexibility index (Phi) is 3.31. The fourth-order valence-electron chi connectivity index (χ4n) is 1.71. The third kappa shape index (κ3) is 2.21. The van der Waals surface area contributed by atoms with Crippen LogP contribution in [0.4, 0.5) is 0 Å². The molecule has 1 saturated heterocycles. The lowest BCUT2D eigenvalue weighted by Gasteiger charge is -2.27. The first-order valence-corrected chi connectivity index (χ1v) is 5.01. The lowest BCUT2D eigenvalue weighted by atomic mass is 10.2. The van der Waals surface area contributed by atoms with Gasteiger partial charge >= 0.3 is 0 Å². The highest BCUT2D eigenvalue weighted by molar-refractivity contribution is 5.82. The molecular weight excluding hydrogens is 164 g/mol. The van der Waals surface area contributed by atoms with Crippen molar-refractivity contribution in [2.75, 3.05) is 20.6 Å².